The summed E-state index contributed by atoms with van der Waals surface area (Å²) in [7, 11) is 1.44. The third-order valence-electron chi connectivity index (χ3n) is 2.89. The fourth-order valence-electron chi connectivity index (χ4n) is 2.02. The van der Waals surface area contributed by atoms with Crippen molar-refractivity contribution in [2.75, 3.05) is 13.6 Å². The van der Waals surface area contributed by atoms with Gasteiger partial charge in [-0.05, 0) is 33.8 Å². The largest absolute Gasteiger partial charge is 0.350 e. The van der Waals surface area contributed by atoms with Gasteiger partial charge in [0, 0.05) is 18.2 Å². The molecule has 0 aliphatic carbocycles. The van der Waals surface area contributed by atoms with Crippen molar-refractivity contribution in [2.24, 2.45) is 0 Å². The minimum Gasteiger partial charge on any atom is -0.350 e. The highest BCUT2D eigenvalue weighted by molar-refractivity contribution is 6.00. The Morgan fingerprint density at radius 1 is 1.32 bits per heavy atom. The standard InChI is InChI=1S/C15H21N3O4/c1-10-7-6-8-11(13(10)18(21)22)14(20)17(5)9-12(19)16-15(2,3)4/h6-8H,9H2,1-5H3,(H,16,19). The van der Waals surface area contributed by atoms with Gasteiger partial charge >= 0.3 is 0 Å². The number of aryl methyl sites for hydroxylation is 1. The number of amides is 2. The number of nitro benzene ring substituents is 1. The summed E-state index contributed by atoms with van der Waals surface area (Å²) in [5, 5.41) is 13.9. The molecule has 0 spiro atoms. The van der Waals surface area contributed by atoms with E-state index in [-0.39, 0.29) is 23.7 Å². The van der Waals surface area contributed by atoms with E-state index in [9.17, 15) is 19.7 Å². The molecule has 0 heterocycles. The molecule has 7 nitrogen and oxygen atoms in total. The Labute approximate surface area is 129 Å². The summed E-state index contributed by atoms with van der Waals surface area (Å²) < 4.78 is 0. The number of carbonyl (C=O) groups excluding carboxylic acids is 2. The predicted molar refractivity (Wildman–Crippen MR) is 82.7 cm³/mol. The number of hydrogen-bond acceptors (Lipinski definition) is 4. The highest BCUT2D eigenvalue weighted by Crippen LogP contribution is 2.24. The molecule has 1 N–H and O–H groups in total. The van der Waals surface area contributed by atoms with Crippen LogP contribution in [-0.4, -0.2) is 40.8 Å². The first-order valence-electron chi connectivity index (χ1n) is 6.83. The van der Waals surface area contributed by atoms with Gasteiger partial charge in [-0.2, -0.15) is 0 Å². The molecule has 1 aromatic rings. The van der Waals surface area contributed by atoms with E-state index < -0.39 is 16.4 Å². The molecular weight excluding hydrogens is 286 g/mol. The maximum atomic E-state index is 12.4. The molecular formula is C15H21N3O4. The molecule has 0 aliphatic rings. The fraction of sp³-hybridized carbons (Fsp3) is 0.467. The van der Waals surface area contributed by atoms with Gasteiger partial charge in [-0.3, -0.25) is 19.7 Å². The molecule has 0 atom stereocenters. The SMILES string of the molecule is Cc1cccc(C(=O)N(C)CC(=O)NC(C)(C)C)c1[N+](=O)[O-]. The van der Waals surface area contributed by atoms with E-state index in [1.807, 2.05) is 20.8 Å². The third kappa shape index (κ3) is 4.54. The molecule has 0 aliphatic heterocycles. The van der Waals surface area contributed by atoms with Crippen LogP contribution in [0.3, 0.4) is 0 Å². The van der Waals surface area contributed by atoms with Crippen molar-refractivity contribution in [3.63, 3.8) is 0 Å². The Morgan fingerprint density at radius 2 is 1.91 bits per heavy atom. The zero-order valence-corrected chi connectivity index (χ0v) is 13.5. The van der Waals surface area contributed by atoms with Crippen molar-refractivity contribution in [2.45, 2.75) is 33.2 Å². The van der Waals surface area contributed by atoms with Gasteiger partial charge in [0.15, 0.2) is 0 Å². The van der Waals surface area contributed by atoms with E-state index in [0.717, 1.165) is 0 Å². The van der Waals surface area contributed by atoms with Gasteiger partial charge in [-0.15, -0.1) is 0 Å². The fourth-order valence-corrected chi connectivity index (χ4v) is 2.02. The number of hydrogen-bond donors (Lipinski definition) is 1. The van der Waals surface area contributed by atoms with Crippen molar-refractivity contribution >= 4 is 17.5 Å². The molecule has 0 saturated carbocycles. The molecule has 0 aromatic heterocycles. The third-order valence-corrected chi connectivity index (χ3v) is 2.89. The van der Waals surface area contributed by atoms with Crippen molar-refractivity contribution in [1.82, 2.24) is 10.2 Å². The van der Waals surface area contributed by atoms with E-state index >= 15 is 0 Å². The number of para-hydroxylation sites is 1. The lowest BCUT2D eigenvalue weighted by Gasteiger charge is -2.23. The summed E-state index contributed by atoms with van der Waals surface area (Å²) in [6.45, 7) is 6.90. The summed E-state index contributed by atoms with van der Waals surface area (Å²) >= 11 is 0. The van der Waals surface area contributed by atoms with Crippen LogP contribution in [-0.2, 0) is 4.79 Å². The number of nitrogens with zero attached hydrogens (tertiary/aromatic N) is 2. The van der Waals surface area contributed by atoms with Crippen molar-refractivity contribution in [1.29, 1.82) is 0 Å². The van der Waals surface area contributed by atoms with Gasteiger partial charge < -0.3 is 10.2 Å². The maximum absolute atomic E-state index is 12.4. The summed E-state index contributed by atoms with van der Waals surface area (Å²) in [6.07, 6.45) is 0. The van der Waals surface area contributed by atoms with Crippen molar-refractivity contribution < 1.29 is 14.5 Å². The van der Waals surface area contributed by atoms with Gasteiger partial charge in [0.2, 0.25) is 5.91 Å². The van der Waals surface area contributed by atoms with Crippen LogP contribution in [0.2, 0.25) is 0 Å². The van der Waals surface area contributed by atoms with E-state index in [1.54, 1.807) is 19.1 Å². The van der Waals surface area contributed by atoms with E-state index in [2.05, 4.69) is 5.32 Å². The number of nitro groups is 1. The van der Waals surface area contributed by atoms with Gasteiger partial charge in [0.1, 0.15) is 5.56 Å². The monoisotopic (exact) mass is 307 g/mol. The average molecular weight is 307 g/mol. The molecule has 7 heteroatoms. The average Bonchev–Trinajstić information content (AvgIpc) is 2.34. The number of carbonyl (C=O) groups is 2. The summed E-state index contributed by atoms with van der Waals surface area (Å²) in [6, 6.07) is 4.55. The Kier molecular flexibility index (Phi) is 5.24. The highest BCUT2D eigenvalue weighted by atomic mass is 16.6. The molecule has 2 amide bonds. The normalized spacial score (nSPS) is 11.0. The maximum Gasteiger partial charge on any atom is 0.285 e. The van der Waals surface area contributed by atoms with E-state index in [1.165, 1.54) is 18.0 Å². The van der Waals surface area contributed by atoms with Crippen LogP contribution in [0.5, 0.6) is 0 Å². The Bertz CT molecular complexity index is 605. The lowest BCUT2D eigenvalue weighted by Crippen LogP contribution is -2.46. The zero-order valence-electron chi connectivity index (χ0n) is 13.5. The molecule has 120 valence electrons. The summed E-state index contributed by atoms with van der Waals surface area (Å²) in [5.41, 5.74) is -0.244. The van der Waals surface area contributed by atoms with Gasteiger partial charge in [0.05, 0.1) is 11.5 Å². The van der Waals surface area contributed by atoms with Crippen LogP contribution in [0.25, 0.3) is 0 Å². The van der Waals surface area contributed by atoms with Gasteiger partial charge in [0.25, 0.3) is 11.6 Å². The van der Waals surface area contributed by atoms with Crippen molar-refractivity contribution in [3.8, 4) is 0 Å². The van der Waals surface area contributed by atoms with Crippen LogP contribution in [0, 0.1) is 17.0 Å². The first kappa shape index (κ1) is 17.6. The second-order valence-corrected chi connectivity index (χ2v) is 6.19. The molecule has 0 saturated heterocycles. The predicted octanol–water partition coefficient (Wildman–Crippen LogP) is 1.89. The quantitative estimate of drug-likeness (QED) is 0.679. The van der Waals surface area contributed by atoms with Crippen molar-refractivity contribution in [3.05, 3.63) is 39.4 Å². The molecule has 0 unspecified atom stereocenters. The number of likely N-dealkylation sites (N-methyl/N-ethyl adjacent to an activating group) is 1. The number of benzene rings is 1. The lowest BCUT2D eigenvalue weighted by atomic mass is 10.1. The Hall–Kier alpha value is -2.44. The zero-order chi connectivity index (χ0) is 17.1. The van der Waals surface area contributed by atoms with Crippen LogP contribution < -0.4 is 5.32 Å². The summed E-state index contributed by atoms with van der Waals surface area (Å²) in [5.74, 6) is -0.877. The second-order valence-electron chi connectivity index (χ2n) is 6.19. The van der Waals surface area contributed by atoms with Crippen LogP contribution in [0.1, 0.15) is 36.7 Å². The van der Waals surface area contributed by atoms with Crippen LogP contribution in [0.4, 0.5) is 5.69 Å². The van der Waals surface area contributed by atoms with E-state index in [4.69, 9.17) is 0 Å². The van der Waals surface area contributed by atoms with Crippen LogP contribution in [0.15, 0.2) is 18.2 Å². The molecule has 0 bridgehead atoms. The first-order valence-corrected chi connectivity index (χ1v) is 6.83. The number of nitrogens with one attached hydrogen (secondary N) is 1. The minimum atomic E-state index is -0.578. The summed E-state index contributed by atoms with van der Waals surface area (Å²) in [4.78, 5) is 35.9. The Morgan fingerprint density at radius 3 is 2.41 bits per heavy atom. The topological polar surface area (TPSA) is 92.6 Å². The molecule has 0 fully saturated rings. The molecule has 1 rings (SSSR count). The first-order chi connectivity index (χ1) is 10.0. The van der Waals surface area contributed by atoms with Crippen LogP contribution >= 0.6 is 0 Å². The highest BCUT2D eigenvalue weighted by Gasteiger charge is 2.26. The number of rotatable bonds is 4. The smallest absolute Gasteiger partial charge is 0.285 e. The molecule has 22 heavy (non-hydrogen) atoms. The van der Waals surface area contributed by atoms with Gasteiger partial charge in [-0.25, -0.2) is 0 Å². The molecule has 0 radical (unpaired) electrons. The Balaban J connectivity index is 2.95. The molecule has 1 aromatic carbocycles. The minimum absolute atomic E-state index is 0.0175. The van der Waals surface area contributed by atoms with Gasteiger partial charge in [-0.1, -0.05) is 12.1 Å². The van der Waals surface area contributed by atoms with E-state index in [0.29, 0.717) is 5.56 Å². The second kappa shape index (κ2) is 6.55. The lowest BCUT2D eigenvalue weighted by molar-refractivity contribution is -0.385.